The first-order valence-corrected chi connectivity index (χ1v) is 8.62. The van der Waals surface area contributed by atoms with Gasteiger partial charge in [-0.25, -0.2) is 15.0 Å². The maximum absolute atomic E-state index is 12.3. The van der Waals surface area contributed by atoms with Crippen LogP contribution in [0.1, 0.15) is 36.7 Å². The van der Waals surface area contributed by atoms with Gasteiger partial charge in [0.25, 0.3) is 5.91 Å². The summed E-state index contributed by atoms with van der Waals surface area (Å²) in [5.74, 6) is 1.18. The molecule has 1 aromatic carbocycles. The predicted octanol–water partition coefficient (Wildman–Crippen LogP) is 3.07. The maximum Gasteiger partial charge on any atom is 0.251 e. The summed E-state index contributed by atoms with van der Waals surface area (Å²) in [4.78, 5) is 25.1. The first-order chi connectivity index (χ1) is 12.4. The van der Waals surface area contributed by atoms with Gasteiger partial charge >= 0.3 is 0 Å². The minimum atomic E-state index is -0.0805. The summed E-state index contributed by atoms with van der Waals surface area (Å²) in [6.45, 7) is 7.55. The lowest BCUT2D eigenvalue weighted by Gasteiger charge is -2.19. The fourth-order valence-corrected chi connectivity index (χ4v) is 2.62. The van der Waals surface area contributed by atoms with Crippen molar-refractivity contribution in [2.24, 2.45) is 0 Å². The van der Waals surface area contributed by atoms with Crippen molar-refractivity contribution in [2.75, 3.05) is 6.54 Å². The van der Waals surface area contributed by atoms with Crippen LogP contribution in [0, 0.1) is 0 Å². The smallest absolute Gasteiger partial charge is 0.251 e. The Bertz CT molecular complexity index is 863. The normalized spacial score (nSPS) is 11.3. The van der Waals surface area contributed by atoms with E-state index in [1.807, 2.05) is 35.0 Å². The average Bonchev–Trinajstić information content (AvgIpc) is 3.10. The van der Waals surface area contributed by atoms with Crippen molar-refractivity contribution in [3.8, 4) is 11.6 Å². The molecule has 0 fully saturated rings. The number of amides is 1. The molecule has 0 aliphatic heterocycles. The van der Waals surface area contributed by atoms with Crippen molar-refractivity contribution in [3.05, 3.63) is 66.2 Å². The van der Waals surface area contributed by atoms with Crippen LogP contribution < -0.4 is 5.32 Å². The van der Waals surface area contributed by atoms with E-state index in [2.05, 4.69) is 41.0 Å². The molecule has 0 aliphatic rings. The number of hydrogen-bond acceptors (Lipinski definition) is 4. The third-order valence-corrected chi connectivity index (χ3v) is 4.13. The van der Waals surface area contributed by atoms with E-state index in [0.29, 0.717) is 30.3 Å². The van der Waals surface area contributed by atoms with Gasteiger partial charge in [0.15, 0.2) is 11.6 Å². The van der Waals surface area contributed by atoms with Gasteiger partial charge in [-0.2, -0.15) is 0 Å². The zero-order valence-corrected chi connectivity index (χ0v) is 15.3. The van der Waals surface area contributed by atoms with Gasteiger partial charge in [0.2, 0.25) is 0 Å². The molecule has 1 N–H and O–H groups in total. The minimum Gasteiger partial charge on any atom is -0.350 e. The van der Waals surface area contributed by atoms with Crippen LogP contribution in [0.25, 0.3) is 11.6 Å². The monoisotopic (exact) mass is 349 g/mol. The second-order valence-electron chi connectivity index (χ2n) is 7.10. The number of aromatic nitrogens is 4. The number of hydrogen-bond donors (Lipinski definition) is 1. The van der Waals surface area contributed by atoms with Crippen LogP contribution in [0.5, 0.6) is 0 Å². The second kappa shape index (κ2) is 7.47. The molecule has 0 saturated carbocycles. The van der Waals surface area contributed by atoms with Gasteiger partial charge in [0.05, 0.1) is 0 Å². The van der Waals surface area contributed by atoms with E-state index in [4.69, 9.17) is 0 Å². The van der Waals surface area contributed by atoms with Crippen molar-refractivity contribution in [3.63, 3.8) is 0 Å². The molecule has 0 bridgehead atoms. The number of imidazole rings is 1. The van der Waals surface area contributed by atoms with Crippen LogP contribution in [-0.4, -0.2) is 32.0 Å². The van der Waals surface area contributed by atoms with Crippen molar-refractivity contribution in [2.45, 2.75) is 32.7 Å². The van der Waals surface area contributed by atoms with Crippen molar-refractivity contribution in [1.82, 2.24) is 24.8 Å². The second-order valence-corrected chi connectivity index (χ2v) is 7.10. The molecule has 3 aromatic rings. The number of nitrogens with one attached hydrogen (secondary N) is 1. The van der Waals surface area contributed by atoms with Crippen LogP contribution in [0.3, 0.4) is 0 Å². The number of carbonyl (C=O) groups is 1. The van der Waals surface area contributed by atoms with Crippen LogP contribution >= 0.6 is 0 Å². The first-order valence-electron chi connectivity index (χ1n) is 8.62. The molecule has 2 aromatic heterocycles. The summed E-state index contributed by atoms with van der Waals surface area (Å²) < 4.78 is 1.93. The lowest BCUT2D eigenvalue weighted by Crippen LogP contribution is -2.27. The summed E-state index contributed by atoms with van der Waals surface area (Å²) in [7, 11) is 0. The molecule has 2 heterocycles. The topological polar surface area (TPSA) is 72.7 Å². The summed E-state index contributed by atoms with van der Waals surface area (Å²) in [5, 5.41) is 2.95. The zero-order chi connectivity index (χ0) is 18.6. The molecular formula is C20H23N5O. The SMILES string of the molecule is CC(C)(C)c1ccc(C(=O)NCCn2ccnc2-c2ncccn2)cc1. The van der Waals surface area contributed by atoms with Crippen molar-refractivity contribution in [1.29, 1.82) is 0 Å². The van der Waals surface area contributed by atoms with Gasteiger partial charge in [-0.1, -0.05) is 32.9 Å². The van der Waals surface area contributed by atoms with Crippen molar-refractivity contribution >= 4 is 5.91 Å². The van der Waals surface area contributed by atoms with E-state index in [1.165, 1.54) is 5.56 Å². The highest BCUT2D eigenvalue weighted by atomic mass is 16.1. The fourth-order valence-electron chi connectivity index (χ4n) is 2.62. The van der Waals surface area contributed by atoms with Gasteiger partial charge in [-0.05, 0) is 29.2 Å². The zero-order valence-electron chi connectivity index (χ0n) is 15.3. The maximum atomic E-state index is 12.3. The molecule has 26 heavy (non-hydrogen) atoms. The fraction of sp³-hybridized carbons (Fsp3) is 0.300. The predicted molar refractivity (Wildman–Crippen MR) is 101 cm³/mol. The van der Waals surface area contributed by atoms with E-state index in [1.54, 1.807) is 24.7 Å². The average molecular weight is 349 g/mol. The number of benzene rings is 1. The van der Waals surface area contributed by atoms with Crippen LogP contribution in [0.15, 0.2) is 55.1 Å². The lowest BCUT2D eigenvalue weighted by atomic mass is 9.87. The number of carbonyl (C=O) groups excluding carboxylic acids is 1. The Kier molecular flexibility index (Phi) is 5.11. The molecule has 0 radical (unpaired) electrons. The summed E-state index contributed by atoms with van der Waals surface area (Å²) in [6, 6.07) is 9.53. The molecule has 1 amide bonds. The molecule has 0 unspecified atom stereocenters. The Balaban J connectivity index is 1.59. The van der Waals surface area contributed by atoms with Crippen LogP contribution in [0.4, 0.5) is 0 Å². The lowest BCUT2D eigenvalue weighted by molar-refractivity contribution is 0.0952. The van der Waals surface area contributed by atoms with Gasteiger partial charge in [-0.15, -0.1) is 0 Å². The van der Waals surface area contributed by atoms with E-state index in [0.717, 1.165) is 0 Å². The Labute approximate surface area is 153 Å². The van der Waals surface area contributed by atoms with E-state index < -0.39 is 0 Å². The molecule has 134 valence electrons. The summed E-state index contributed by atoms with van der Waals surface area (Å²) >= 11 is 0. The van der Waals surface area contributed by atoms with Gasteiger partial charge in [0.1, 0.15) is 0 Å². The summed E-state index contributed by atoms with van der Waals surface area (Å²) in [6.07, 6.45) is 6.93. The highest BCUT2D eigenvalue weighted by Gasteiger charge is 2.14. The van der Waals surface area contributed by atoms with Crippen LogP contribution in [0.2, 0.25) is 0 Å². The Morgan fingerprint density at radius 1 is 1.04 bits per heavy atom. The first kappa shape index (κ1) is 17.8. The number of nitrogens with zero attached hydrogens (tertiary/aromatic N) is 4. The third-order valence-electron chi connectivity index (χ3n) is 4.13. The molecule has 0 atom stereocenters. The molecule has 6 heteroatoms. The largest absolute Gasteiger partial charge is 0.350 e. The Hall–Kier alpha value is -3.02. The standard InChI is InChI=1S/C20H23N5O/c1-20(2,3)16-7-5-15(6-8-16)19(26)24-12-14-25-13-11-23-18(25)17-21-9-4-10-22-17/h4-11,13H,12,14H2,1-3H3,(H,24,26). The van der Waals surface area contributed by atoms with Gasteiger partial charge < -0.3 is 9.88 Å². The molecule has 3 rings (SSSR count). The van der Waals surface area contributed by atoms with E-state index in [-0.39, 0.29) is 11.3 Å². The minimum absolute atomic E-state index is 0.0757. The number of rotatable bonds is 5. The molecular weight excluding hydrogens is 326 g/mol. The molecule has 6 nitrogen and oxygen atoms in total. The highest BCUT2D eigenvalue weighted by molar-refractivity contribution is 5.94. The van der Waals surface area contributed by atoms with E-state index in [9.17, 15) is 4.79 Å². The van der Waals surface area contributed by atoms with Crippen molar-refractivity contribution < 1.29 is 4.79 Å². The summed E-state index contributed by atoms with van der Waals surface area (Å²) in [5.41, 5.74) is 1.95. The van der Waals surface area contributed by atoms with Crippen LogP contribution in [-0.2, 0) is 12.0 Å². The molecule has 0 saturated heterocycles. The highest BCUT2D eigenvalue weighted by Crippen LogP contribution is 2.22. The molecule has 0 spiro atoms. The quantitative estimate of drug-likeness (QED) is 0.768. The van der Waals surface area contributed by atoms with E-state index >= 15 is 0 Å². The van der Waals surface area contributed by atoms with Gasteiger partial charge in [-0.3, -0.25) is 4.79 Å². The van der Waals surface area contributed by atoms with Gasteiger partial charge in [0, 0.05) is 43.4 Å². The third kappa shape index (κ3) is 4.14. The Morgan fingerprint density at radius 2 is 1.73 bits per heavy atom. The Morgan fingerprint density at radius 3 is 2.38 bits per heavy atom. The molecule has 0 aliphatic carbocycles.